The number of nitrogen functional groups attached to an aromatic ring is 1. The Morgan fingerprint density at radius 2 is 2.08 bits per heavy atom. The number of carbonyl (C=O) groups is 1. The molecule has 1 aromatic carbocycles. The summed E-state index contributed by atoms with van der Waals surface area (Å²) in [6.07, 6.45) is 0. The van der Waals surface area contributed by atoms with Gasteiger partial charge in [0.1, 0.15) is 11.4 Å². The number of phenols is 1. The van der Waals surface area contributed by atoms with Crippen molar-refractivity contribution in [1.82, 2.24) is 0 Å². The van der Waals surface area contributed by atoms with E-state index in [2.05, 4.69) is 0 Å². The Morgan fingerprint density at radius 1 is 1.50 bits per heavy atom. The molecule has 5 N–H and O–H groups in total. The second kappa shape index (κ2) is 2.69. The van der Waals surface area contributed by atoms with Crippen molar-refractivity contribution in [3.63, 3.8) is 0 Å². The summed E-state index contributed by atoms with van der Waals surface area (Å²) in [5.74, 6) is -2.53. The maximum Gasteiger partial charge on any atom is 0.255 e. The number of amides is 1. The third-order valence-electron chi connectivity index (χ3n) is 1.40. The van der Waals surface area contributed by atoms with Crippen molar-refractivity contribution in [2.24, 2.45) is 5.73 Å². The zero-order chi connectivity index (χ0) is 9.30. The molecule has 1 rings (SSSR count). The van der Waals surface area contributed by atoms with Crippen LogP contribution in [-0.2, 0) is 0 Å². The fourth-order valence-electron chi connectivity index (χ4n) is 0.817. The number of hydrogen-bond acceptors (Lipinski definition) is 3. The third-order valence-corrected chi connectivity index (χ3v) is 1.40. The van der Waals surface area contributed by atoms with Crippen LogP contribution >= 0.6 is 0 Å². The predicted octanol–water partition coefficient (Wildman–Crippen LogP) is 0.212. The van der Waals surface area contributed by atoms with Gasteiger partial charge < -0.3 is 16.6 Å². The van der Waals surface area contributed by atoms with Crippen LogP contribution < -0.4 is 11.5 Å². The smallest absolute Gasteiger partial charge is 0.255 e. The maximum absolute atomic E-state index is 12.8. The van der Waals surface area contributed by atoms with Crippen molar-refractivity contribution in [3.8, 4) is 5.75 Å². The number of carbonyl (C=O) groups excluding carboxylic acids is 1. The zero-order valence-corrected chi connectivity index (χ0v) is 6.04. The summed E-state index contributed by atoms with van der Waals surface area (Å²) in [5, 5.41) is 9.08. The van der Waals surface area contributed by atoms with E-state index >= 15 is 0 Å². The molecular weight excluding hydrogens is 163 g/mol. The molecule has 0 bridgehead atoms. The molecule has 0 saturated heterocycles. The van der Waals surface area contributed by atoms with Crippen LogP contribution in [0.3, 0.4) is 0 Å². The summed E-state index contributed by atoms with van der Waals surface area (Å²) in [6.45, 7) is 0. The second-order valence-corrected chi connectivity index (χ2v) is 2.22. The molecule has 4 nitrogen and oxygen atoms in total. The van der Waals surface area contributed by atoms with Gasteiger partial charge in [-0.3, -0.25) is 4.79 Å². The molecule has 5 heteroatoms. The highest BCUT2D eigenvalue weighted by Gasteiger charge is 2.15. The first-order valence-electron chi connectivity index (χ1n) is 3.10. The van der Waals surface area contributed by atoms with E-state index in [4.69, 9.17) is 16.6 Å². The van der Waals surface area contributed by atoms with Crippen LogP contribution in [0.5, 0.6) is 5.75 Å². The van der Waals surface area contributed by atoms with Gasteiger partial charge in [-0.1, -0.05) is 0 Å². The van der Waals surface area contributed by atoms with Gasteiger partial charge in [0.15, 0.2) is 5.75 Å². The lowest BCUT2D eigenvalue weighted by molar-refractivity contribution is 0.0994. The van der Waals surface area contributed by atoms with Gasteiger partial charge in [0.05, 0.1) is 5.69 Å². The average Bonchev–Trinajstić information content (AvgIpc) is 1.97. The van der Waals surface area contributed by atoms with Gasteiger partial charge >= 0.3 is 0 Å². The van der Waals surface area contributed by atoms with E-state index < -0.39 is 23.0 Å². The van der Waals surface area contributed by atoms with Gasteiger partial charge in [0.25, 0.3) is 5.91 Å². The van der Waals surface area contributed by atoms with Crippen LogP contribution in [0.1, 0.15) is 10.4 Å². The number of aromatic hydroxyl groups is 1. The molecule has 0 fully saturated rings. The minimum absolute atomic E-state index is 0.0785. The Morgan fingerprint density at radius 3 is 2.50 bits per heavy atom. The first-order chi connectivity index (χ1) is 5.54. The monoisotopic (exact) mass is 170 g/mol. The lowest BCUT2D eigenvalue weighted by atomic mass is 10.1. The first-order valence-corrected chi connectivity index (χ1v) is 3.10. The van der Waals surface area contributed by atoms with Crippen LogP contribution in [0.25, 0.3) is 0 Å². The highest BCUT2D eigenvalue weighted by Crippen LogP contribution is 2.26. The molecule has 64 valence electrons. The topological polar surface area (TPSA) is 89.3 Å². The lowest BCUT2D eigenvalue weighted by Gasteiger charge is -2.03. The normalized spacial score (nSPS) is 9.75. The number of benzene rings is 1. The van der Waals surface area contributed by atoms with Crippen molar-refractivity contribution in [2.75, 3.05) is 5.73 Å². The van der Waals surface area contributed by atoms with E-state index in [1.165, 1.54) is 0 Å². The van der Waals surface area contributed by atoms with Crippen molar-refractivity contribution >= 4 is 11.6 Å². The first kappa shape index (κ1) is 8.32. The van der Waals surface area contributed by atoms with Gasteiger partial charge in [-0.2, -0.15) is 0 Å². The molecule has 0 saturated carbocycles. The number of nitrogens with two attached hydrogens (primary N) is 2. The fourth-order valence-corrected chi connectivity index (χ4v) is 0.817. The SMILES string of the molecule is NC(=O)c1c(F)ccc(N)c1O. The minimum Gasteiger partial charge on any atom is -0.505 e. The molecule has 0 aliphatic rings. The van der Waals surface area contributed by atoms with Crippen molar-refractivity contribution in [3.05, 3.63) is 23.5 Å². The molecule has 0 aromatic heterocycles. The van der Waals surface area contributed by atoms with Crippen molar-refractivity contribution < 1.29 is 14.3 Å². The highest BCUT2D eigenvalue weighted by molar-refractivity contribution is 5.97. The molecule has 0 aliphatic heterocycles. The third kappa shape index (κ3) is 1.16. The van der Waals surface area contributed by atoms with E-state index in [0.717, 1.165) is 12.1 Å². The van der Waals surface area contributed by atoms with Crippen LogP contribution in [0, 0.1) is 5.82 Å². The summed E-state index contributed by atoms with van der Waals surface area (Å²) < 4.78 is 12.8. The van der Waals surface area contributed by atoms with E-state index in [1.54, 1.807) is 0 Å². The number of hydrogen-bond donors (Lipinski definition) is 3. The highest BCUT2D eigenvalue weighted by atomic mass is 19.1. The Hall–Kier alpha value is -1.78. The van der Waals surface area contributed by atoms with Gasteiger partial charge in [-0.15, -0.1) is 0 Å². The summed E-state index contributed by atoms with van der Waals surface area (Å²) in [4.78, 5) is 10.6. The zero-order valence-electron chi connectivity index (χ0n) is 6.04. The molecule has 0 unspecified atom stereocenters. The molecular formula is C7H7FN2O2. The molecule has 0 heterocycles. The predicted molar refractivity (Wildman–Crippen MR) is 41.0 cm³/mol. The second-order valence-electron chi connectivity index (χ2n) is 2.22. The molecule has 0 atom stereocenters. The minimum atomic E-state index is -1.04. The van der Waals surface area contributed by atoms with Gasteiger partial charge in [0, 0.05) is 0 Å². The largest absolute Gasteiger partial charge is 0.505 e. The fraction of sp³-hybridized carbons (Fsp3) is 0. The summed E-state index contributed by atoms with van der Waals surface area (Å²) in [7, 11) is 0. The summed E-state index contributed by atoms with van der Waals surface area (Å²) >= 11 is 0. The Kier molecular flexibility index (Phi) is 1.86. The molecule has 0 radical (unpaired) electrons. The van der Waals surface area contributed by atoms with E-state index in [9.17, 15) is 9.18 Å². The van der Waals surface area contributed by atoms with E-state index in [1.807, 2.05) is 0 Å². The van der Waals surface area contributed by atoms with Gasteiger partial charge in [-0.25, -0.2) is 4.39 Å². The van der Waals surface area contributed by atoms with Crippen LogP contribution in [-0.4, -0.2) is 11.0 Å². The molecule has 0 spiro atoms. The number of halogens is 1. The standard InChI is InChI=1S/C7H7FN2O2/c8-3-1-2-4(9)6(11)5(3)7(10)12/h1-2,11H,9H2,(H2,10,12). The van der Waals surface area contributed by atoms with Crippen LogP contribution in [0.15, 0.2) is 12.1 Å². The van der Waals surface area contributed by atoms with Gasteiger partial charge in [0.2, 0.25) is 0 Å². The van der Waals surface area contributed by atoms with Crippen LogP contribution in [0.4, 0.5) is 10.1 Å². The number of primary amides is 1. The summed E-state index contributed by atoms with van der Waals surface area (Å²) in [5.41, 5.74) is 9.34. The molecule has 0 aliphatic carbocycles. The number of rotatable bonds is 1. The average molecular weight is 170 g/mol. The van der Waals surface area contributed by atoms with Crippen molar-refractivity contribution in [2.45, 2.75) is 0 Å². The molecule has 1 aromatic rings. The van der Waals surface area contributed by atoms with Crippen LogP contribution in [0.2, 0.25) is 0 Å². The molecule has 12 heavy (non-hydrogen) atoms. The van der Waals surface area contributed by atoms with E-state index in [-0.39, 0.29) is 5.69 Å². The quantitative estimate of drug-likeness (QED) is 0.415. The van der Waals surface area contributed by atoms with E-state index in [0.29, 0.717) is 0 Å². The molecule has 1 amide bonds. The maximum atomic E-state index is 12.8. The lowest BCUT2D eigenvalue weighted by Crippen LogP contribution is -2.14. The summed E-state index contributed by atoms with van der Waals surface area (Å²) in [6, 6.07) is 2.12. The Labute approximate surface area is 67.6 Å². The Bertz CT molecular complexity index is 338. The van der Waals surface area contributed by atoms with Gasteiger partial charge in [-0.05, 0) is 12.1 Å². The Balaban J connectivity index is 3.43. The number of anilines is 1. The van der Waals surface area contributed by atoms with Crippen molar-refractivity contribution in [1.29, 1.82) is 0 Å².